The summed E-state index contributed by atoms with van der Waals surface area (Å²) in [6.07, 6.45) is 3.46. The van der Waals surface area contributed by atoms with Crippen LogP contribution in [-0.4, -0.2) is 35.6 Å². The highest BCUT2D eigenvalue weighted by Gasteiger charge is 2.43. The second-order valence-electron chi connectivity index (χ2n) is 6.42. The lowest BCUT2D eigenvalue weighted by Gasteiger charge is -2.37. The molecule has 2 aliphatic rings. The molecule has 0 radical (unpaired) electrons. The van der Waals surface area contributed by atoms with E-state index in [2.05, 4.69) is 25.1 Å². The Hall–Kier alpha value is -1.39. The molecule has 2 fully saturated rings. The number of nitrogens with two attached hydrogens (primary N) is 1. The van der Waals surface area contributed by atoms with Gasteiger partial charge < -0.3 is 15.4 Å². The second-order valence-corrected chi connectivity index (χ2v) is 6.42. The van der Waals surface area contributed by atoms with Gasteiger partial charge in [0, 0.05) is 25.8 Å². The molecular weight excluding hydrogens is 264 g/mol. The maximum absolute atomic E-state index is 12.9. The maximum Gasteiger partial charge on any atom is 0.243 e. The number of hydrogen-bond acceptors (Lipinski definition) is 3. The quantitative estimate of drug-likeness (QED) is 0.922. The lowest BCUT2D eigenvalue weighted by atomic mass is 9.89. The fourth-order valence-electron chi connectivity index (χ4n) is 3.00. The van der Waals surface area contributed by atoms with Gasteiger partial charge in [0.25, 0.3) is 0 Å². The molecule has 3 rings (SSSR count). The third-order valence-electron chi connectivity index (χ3n) is 4.49. The molecule has 1 saturated carbocycles. The van der Waals surface area contributed by atoms with Crippen molar-refractivity contribution in [1.29, 1.82) is 0 Å². The van der Waals surface area contributed by atoms with Crippen molar-refractivity contribution in [2.45, 2.75) is 50.7 Å². The SMILES string of the molecule is Cc1cccc(CN(C(=O)C2(N)CCOCC2)C2CC2)c1. The topological polar surface area (TPSA) is 55.6 Å². The van der Waals surface area contributed by atoms with E-state index in [1.165, 1.54) is 11.1 Å². The smallest absolute Gasteiger partial charge is 0.243 e. The number of rotatable bonds is 4. The highest BCUT2D eigenvalue weighted by molar-refractivity contribution is 5.86. The van der Waals surface area contributed by atoms with Gasteiger partial charge in [0.15, 0.2) is 0 Å². The Balaban J connectivity index is 1.76. The molecule has 4 heteroatoms. The van der Waals surface area contributed by atoms with Crippen molar-refractivity contribution >= 4 is 5.91 Å². The first-order chi connectivity index (χ1) is 10.1. The number of hydrogen-bond donors (Lipinski definition) is 1. The maximum atomic E-state index is 12.9. The molecule has 114 valence electrons. The van der Waals surface area contributed by atoms with Gasteiger partial charge in [-0.25, -0.2) is 0 Å². The van der Waals surface area contributed by atoms with E-state index in [-0.39, 0.29) is 5.91 Å². The van der Waals surface area contributed by atoms with E-state index in [4.69, 9.17) is 10.5 Å². The third-order valence-corrected chi connectivity index (χ3v) is 4.49. The lowest BCUT2D eigenvalue weighted by molar-refractivity contribution is -0.141. The van der Waals surface area contributed by atoms with Gasteiger partial charge in [0.2, 0.25) is 5.91 Å². The molecule has 1 aromatic rings. The van der Waals surface area contributed by atoms with Crippen LogP contribution in [0.3, 0.4) is 0 Å². The van der Waals surface area contributed by atoms with Crippen molar-refractivity contribution in [1.82, 2.24) is 4.90 Å². The summed E-state index contributed by atoms with van der Waals surface area (Å²) in [6.45, 7) is 3.93. The second kappa shape index (κ2) is 5.78. The van der Waals surface area contributed by atoms with Crippen LogP contribution in [0.25, 0.3) is 0 Å². The van der Waals surface area contributed by atoms with Gasteiger partial charge in [-0.1, -0.05) is 29.8 Å². The minimum atomic E-state index is -0.731. The molecule has 1 aliphatic carbocycles. The molecule has 0 atom stereocenters. The molecule has 1 aliphatic heterocycles. The van der Waals surface area contributed by atoms with Crippen molar-refractivity contribution in [3.05, 3.63) is 35.4 Å². The van der Waals surface area contributed by atoms with Crippen molar-refractivity contribution in [2.24, 2.45) is 5.73 Å². The minimum Gasteiger partial charge on any atom is -0.381 e. The van der Waals surface area contributed by atoms with Crippen LogP contribution in [0.2, 0.25) is 0 Å². The molecule has 2 N–H and O–H groups in total. The normalized spacial score (nSPS) is 21.0. The van der Waals surface area contributed by atoms with E-state index < -0.39 is 5.54 Å². The minimum absolute atomic E-state index is 0.106. The summed E-state index contributed by atoms with van der Waals surface area (Å²) in [5.41, 5.74) is 8.06. The Morgan fingerprint density at radius 1 is 1.38 bits per heavy atom. The number of amides is 1. The van der Waals surface area contributed by atoms with Crippen molar-refractivity contribution < 1.29 is 9.53 Å². The fraction of sp³-hybridized carbons (Fsp3) is 0.588. The molecule has 0 spiro atoms. The number of carbonyl (C=O) groups excluding carboxylic acids is 1. The first-order valence-corrected chi connectivity index (χ1v) is 7.82. The van der Waals surface area contributed by atoms with Crippen LogP contribution in [0.4, 0.5) is 0 Å². The van der Waals surface area contributed by atoms with Crippen LogP contribution in [0, 0.1) is 6.92 Å². The molecule has 1 heterocycles. The highest BCUT2D eigenvalue weighted by Crippen LogP contribution is 2.32. The summed E-state index contributed by atoms with van der Waals surface area (Å²) >= 11 is 0. The zero-order chi connectivity index (χ0) is 14.9. The van der Waals surface area contributed by atoms with E-state index in [1.54, 1.807) is 0 Å². The van der Waals surface area contributed by atoms with Crippen molar-refractivity contribution in [2.75, 3.05) is 13.2 Å². The molecule has 0 aromatic heterocycles. The lowest BCUT2D eigenvalue weighted by Crippen LogP contribution is -2.58. The Morgan fingerprint density at radius 2 is 2.10 bits per heavy atom. The van der Waals surface area contributed by atoms with Crippen molar-refractivity contribution in [3.63, 3.8) is 0 Å². The predicted molar refractivity (Wildman–Crippen MR) is 81.7 cm³/mol. The first kappa shape index (κ1) is 14.5. The first-order valence-electron chi connectivity index (χ1n) is 7.82. The molecule has 1 aromatic carbocycles. The molecule has 0 bridgehead atoms. The van der Waals surface area contributed by atoms with Gasteiger partial charge in [0.1, 0.15) is 0 Å². The zero-order valence-electron chi connectivity index (χ0n) is 12.7. The third kappa shape index (κ3) is 3.27. The van der Waals surface area contributed by atoms with E-state index in [0.717, 1.165) is 12.8 Å². The monoisotopic (exact) mass is 288 g/mol. The van der Waals surface area contributed by atoms with Crippen LogP contribution in [0.1, 0.15) is 36.8 Å². The largest absolute Gasteiger partial charge is 0.381 e. The molecule has 4 nitrogen and oxygen atoms in total. The van der Waals surface area contributed by atoms with Crippen LogP contribution >= 0.6 is 0 Å². The average molecular weight is 288 g/mol. The van der Waals surface area contributed by atoms with Crippen LogP contribution in [-0.2, 0) is 16.1 Å². The van der Waals surface area contributed by atoms with E-state index in [0.29, 0.717) is 38.6 Å². The highest BCUT2D eigenvalue weighted by atomic mass is 16.5. The van der Waals surface area contributed by atoms with Gasteiger partial charge in [-0.3, -0.25) is 4.79 Å². The molecule has 1 amide bonds. The number of benzene rings is 1. The molecule has 0 unspecified atom stereocenters. The zero-order valence-corrected chi connectivity index (χ0v) is 12.7. The molecule has 1 saturated heterocycles. The number of ether oxygens (including phenoxy) is 1. The molecular formula is C17H24N2O2. The fourth-order valence-corrected chi connectivity index (χ4v) is 3.00. The molecule has 21 heavy (non-hydrogen) atoms. The summed E-state index contributed by atoms with van der Waals surface area (Å²) < 4.78 is 5.35. The Bertz CT molecular complexity index is 519. The summed E-state index contributed by atoms with van der Waals surface area (Å²) in [4.78, 5) is 14.9. The number of aryl methyl sites for hydroxylation is 1. The van der Waals surface area contributed by atoms with Gasteiger partial charge in [0.05, 0.1) is 5.54 Å². The van der Waals surface area contributed by atoms with E-state index in [1.807, 2.05) is 11.0 Å². The summed E-state index contributed by atoms with van der Waals surface area (Å²) in [6, 6.07) is 8.74. The summed E-state index contributed by atoms with van der Waals surface area (Å²) in [5, 5.41) is 0. The van der Waals surface area contributed by atoms with Crippen LogP contribution in [0.5, 0.6) is 0 Å². The van der Waals surface area contributed by atoms with E-state index in [9.17, 15) is 4.79 Å². The van der Waals surface area contributed by atoms with Gasteiger partial charge in [-0.2, -0.15) is 0 Å². The average Bonchev–Trinajstić information content (AvgIpc) is 3.29. The van der Waals surface area contributed by atoms with Gasteiger partial charge in [-0.15, -0.1) is 0 Å². The Morgan fingerprint density at radius 3 is 2.71 bits per heavy atom. The predicted octanol–water partition coefficient (Wildman–Crippen LogP) is 1.99. The number of carbonyl (C=O) groups is 1. The van der Waals surface area contributed by atoms with Crippen LogP contribution in [0.15, 0.2) is 24.3 Å². The Kier molecular flexibility index (Phi) is 4.00. The Labute approximate surface area is 126 Å². The van der Waals surface area contributed by atoms with Gasteiger partial charge >= 0.3 is 0 Å². The standard InChI is InChI=1S/C17H24N2O2/c1-13-3-2-4-14(11-13)12-19(15-5-6-15)16(20)17(18)7-9-21-10-8-17/h2-4,11,15H,5-10,12,18H2,1H3. The number of nitrogens with zero attached hydrogens (tertiary/aromatic N) is 1. The van der Waals surface area contributed by atoms with Crippen molar-refractivity contribution in [3.8, 4) is 0 Å². The van der Waals surface area contributed by atoms with Crippen LogP contribution < -0.4 is 5.73 Å². The van der Waals surface area contributed by atoms with Gasteiger partial charge in [-0.05, 0) is 38.2 Å². The summed E-state index contributed by atoms with van der Waals surface area (Å²) in [5.74, 6) is 0.106. The van der Waals surface area contributed by atoms with E-state index >= 15 is 0 Å². The summed E-state index contributed by atoms with van der Waals surface area (Å²) in [7, 11) is 0.